The van der Waals surface area contributed by atoms with Gasteiger partial charge in [0.05, 0.1) is 5.92 Å². The maximum absolute atomic E-state index is 12.6. The van der Waals surface area contributed by atoms with Gasteiger partial charge in [0.15, 0.2) is 5.12 Å². The van der Waals surface area contributed by atoms with E-state index in [9.17, 15) is 19.5 Å². The van der Waals surface area contributed by atoms with Crippen LogP contribution in [-0.4, -0.2) is 45.9 Å². The Balaban J connectivity index is 2.81. The van der Waals surface area contributed by atoms with Crippen LogP contribution in [0.1, 0.15) is 18.9 Å². The van der Waals surface area contributed by atoms with Crippen molar-refractivity contribution in [1.29, 1.82) is 0 Å². The Kier molecular flexibility index (Phi) is 10.0. The van der Waals surface area contributed by atoms with E-state index in [4.69, 9.17) is 11.6 Å². The van der Waals surface area contributed by atoms with Gasteiger partial charge < -0.3 is 10.4 Å². The highest BCUT2D eigenvalue weighted by Crippen LogP contribution is 2.18. The zero-order valence-electron chi connectivity index (χ0n) is 14.2. The van der Waals surface area contributed by atoms with Crippen LogP contribution in [0.25, 0.3) is 0 Å². The molecule has 138 valence electrons. The number of amides is 1. The van der Waals surface area contributed by atoms with Crippen molar-refractivity contribution in [1.82, 2.24) is 5.32 Å². The molecule has 0 radical (unpaired) electrons. The summed E-state index contributed by atoms with van der Waals surface area (Å²) in [6.07, 6.45) is 2.65. The molecular formula is C17H22ClNO4S2. The van der Waals surface area contributed by atoms with E-state index in [0.717, 1.165) is 17.3 Å². The van der Waals surface area contributed by atoms with Crippen LogP contribution >= 0.6 is 35.1 Å². The number of hydrogen-bond acceptors (Lipinski definition) is 5. The van der Waals surface area contributed by atoms with Crippen LogP contribution < -0.4 is 5.32 Å². The Bertz CT molecular complexity index is 595. The second kappa shape index (κ2) is 11.4. The summed E-state index contributed by atoms with van der Waals surface area (Å²) in [5.41, 5.74) is 0.907. The first-order chi connectivity index (χ1) is 11.8. The fourth-order valence-corrected chi connectivity index (χ4v) is 3.44. The topological polar surface area (TPSA) is 83.5 Å². The lowest BCUT2D eigenvalue weighted by molar-refractivity contribution is -0.142. The van der Waals surface area contributed by atoms with E-state index in [1.165, 1.54) is 18.7 Å². The number of carboxylic acid groups (broad SMARTS) is 1. The standard InChI is InChI=1S/C17H22ClNO4S2/c1-11(20)25-10-13(9-12-3-5-14(18)6-4-12)16(21)19-15(17(22)23)7-8-24-2/h3-6,13,15H,7-10H2,1-2H3,(H,19,21)(H,22,23)/t13?,15-/m0/s1. The number of aliphatic carboxylic acids is 1. The molecule has 1 unspecified atom stereocenters. The molecule has 0 heterocycles. The number of hydrogen-bond donors (Lipinski definition) is 2. The van der Waals surface area contributed by atoms with E-state index in [0.29, 0.717) is 29.4 Å². The van der Waals surface area contributed by atoms with Gasteiger partial charge in [-0.15, -0.1) is 0 Å². The van der Waals surface area contributed by atoms with Crippen molar-refractivity contribution in [2.24, 2.45) is 5.92 Å². The molecule has 0 aliphatic carbocycles. The van der Waals surface area contributed by atoms with Crippen LogP contribution in [-0.2, 0) is 20.8 Å². The Morgan fingerprint density at radius 1 is 1.24 bits per heavy atom. The molecule has 1 amide bonds. The molecule has 0 fully saturated rings. The molecule has 0 aliphatic heterocycles. The van der Waals surface area contributed by atoms with Crippen LogP contribution in [0.3, 0.4) is 0 Å². The highest BCUT2D eigenvalue weighted by molar-refractivity contribution is 8.13. The van der Waals surface area contributed by atoms with Gasteiger partial charge in [-0.05, 0) is 42.5 Å². The van der Waals surface area contributed by atoms with Crippen molar-refractivity contribution in [3.63, 3.8) is 0 Å². The first-order valence-corrected chi connectivity index (χ1v) is 10.5. The molecule has 25 heavy (non-hydrogen) atoms. The third-order valence-electron chi connectivity index (χ3n) is 3.48. The molecule has 2 atom stereocenters. The zero-order chi connectivity index (χ0) is 18.8. The number of nitrogens with one attached hydrogen (secondary N) is 1. The highest BCUT2D eigenvalue weighted by Gasteiger charge is 2.25. The lowest BCUT2D eigenvalue weighted by Crippen LogP contribution is -2.45. The van der Waals surface area contributed by atoms with Crippen LogP contribution in [0, 0.1) is 5.92 Å². The molecule has 0 aromatic heterocycles. The SMILES string of the molecule is CSCC[C@H](NC(=O)C(CSC(C)=O)Cc1ccc(Cl)cc1)C(=O)O. The summed E-state index contributed by atoms with van der Waals surface area (Å²) in [7, 11) is 0. The van der Waals surface area contributed by atoms with Gasteiger partial charge in [0.25, 0.3) is 0 Å². The molecule has 0 aliphatic rings. The minimum Gasteiger partial charge on any atom is -0.480 e. The Hall–Kier alpha value is -1.18. The van der Waals surface area contributed by atoms with E-state index < -0.39 is 17.9 Å². The van der Waals surface area contributed by atoms with E-state index in [-0.39, 0.29) is 11.0 Å². The van der Waals surface area contributed by atoms with Crippen molar-refractivity contribution in [2.75, 3.05) is 17.8 Å². The summed E-state index contributed by atoms with van der Waals surface area (Å²) in [4.78, 5) is 35.2. The average molecular weight is 404 g/mol. The molecule has 1 aromatic carbocycles. The second-order valence-corrected chi connectivity index (χ2v) is 8.13. The van der Waals surface area contributed by atoms with Crippen LogP contribution in [0.15, 0.2) is 24.3 Å². The molecule has 1 aromatic rings. The summed E-state index contributed by atoms with van der Waals surface area (Å²) in [5, 5.41) is 12.4. The number of carbonyl (C=O) groups excluding carboxylic acids is 2. The lowest BCUT2D eigenvalue weighted by Gasteiger charge is -2.20. The predicted octanol–water partition coefficient (Wildman–Crippen LogP) is 3.10. The average Bonchev–Trinajstić information content (AvgIpc) is 2.56. The van der Waals surface area contributed by atoms with Crippen LogP contribution in [0.2, 0.25) is 5.02 Å². The van der Waals surface area contributed by atoms with Gasteiger partial charge in [-0.3, -0.25) is 9.59 Å². The summed E-state index contributed by atoms with van der Waals surface area (Å²) in [6, 6.07) is 6.20. The van der Waals surface area contributed by atoms with Gasteiger partial charge in [0, 0.05) is 17.7 Å². The van der Waals surface area contributed by atoms with Gasteiger partial charge >= 0.3 is 5.97 Å². The minimum atomic E-state index is -1.05. The van der Waals surface area contributed by atoms with E-state index in [1.54, 1.807) is 12.1 Å². The molecule has 0 saturated heterocycles. The number of thioether (sulfide) groups is 2. The third kappa shape index (κ3) is 8.65. The molecule has 0 spiro atoms. The van der Waals surface area contributed by atoms with E-state index in [2.05, 4.69) is 5.32 Å². The molecule has 8 heteroatoms. The van der Waals surface area contributed by atoms with Crippen molar-refractivity contribution >= 4 is 52.1 Å². The second-order valence-electron chi connectivity index (χ2n) is 5.51. The molecule has 2 N–H and O–H groups in total. The fraction of sp³-hybridized carbons (Fsp3) is 0.471. The zero-order valence-corrected chi connectivity index (χ0v) is 16.5. The van der Waals surface area contributed by atoms with Gasteiger partial charge in [-0.25, -0.2) is 4.79 Å². The third-order valence-corrected chi connectivity index (χ3v) is 5.35. The van der Waals surface area contributed by atoms with Gasteiger partial charge in [-0.2, -0.15) is 11.8 Å². The summed E-state index contributed by atoms with van der Waals surface area (Å²) in [6.45, 7) is 1.44. The van der Waals surface area contributed by atoms with Gasteiger partial charge in [0.1, 0.15) is 6.04 Å². The van der Waals surface area contributed by atoms with Crippen molar-refractivity contribution in [3.8, 4) is 0 Å². The first-order valence-electron chi connectivity index (χ1n) is 7.73. The maximum Gasteiger partial charge on any atom is 0.326 e. The minimum absolute atomic E-state index is 0.0777. The van der Waals surface area contributed by atoms with Crippen LogP contribution in [0.4, 0.5) is 0 Å². The molecule has 1 rings (SSSR count). The summed E-state index contributed by atoms with van der Waals surface area (Å²) >= 11 is 8.46. The summed E-state index contributed by atoms with van der Waals surface area (Å²) < 4.78 is 0. The maximum atomic E-state index is 12.6. The van der Waals surface area contributed by atoms with Crippen molar-refractivity contribution in [2.45, 2.75) is 25.8 Å². The summed E-state index contributed by atoms with van der Waals surface area (Å²) in [5.74, 6) is -0.949. The van der Waals surface area contributed by atoms with E-state index in [1.807, 2.05) is 18.4 Å². The predicted molar refractivity (Wildman–Crippen MR) is 104 cm³/mol. The molecular weight excluding hydrogens is 382 g/mol. The number of rotatable bonds is 10. The molecule has 5 nitrogen and oxygen atoms in total. The highest BCUT2D eigenvalue weighted by atomic mass is 35.5. The number of benzene rings is 1. The molecule has 0 saturated carbocycles. The first kappa shape index (κ1) is 21.9. The number of halogens is 1. The monoisotopic (exact) mass is 403 g/mol. The van der Waals surface area contributed by atoms with Crippen molar-refractivity contribution in [3.05, 3.63) is 34.9 Å². The van der Waals surface area contributed by atoms with Gasteiger partial charge in [-0.1, -0.05) is 35.5 Å². The van der Waals surface area contributed by atoms with Crippen LogP contribution in [0.5, 0.6) is 0 Å². The van der Waals surface area contributed by atoms with E-state index >= 15 is 0 Å². The van der Waals surface area contributed by atoms with Crippen molar-refractivity contribution < 1.29 is 19.5 Å². The number of carboxylic acids is 1. The Morgan fingerprint density at radius 3 is 2.40 bits per heavy atom. The quantitative estimate of drug-likeness (QED) is 0.624. The van der Waals surface area contributed by atoms with Gasteiger partial charge in [0.2, 0.25) is 5.91 Å². The normalized spacial score (nSPS) is 13.1. The Labute approximate surface area is 161 Å². The Morgan fingerprint density at radius 2 is 1.88 bits per heavy atom. The largest absolute Gasteiger partial charge is 0.480 e. The smallest absolute Gasteiger partial charge is 0.326 e. The number of carbonyl (C=O) groups is 3. The lowest BCUT2D eigenvalue weighted by atomic mass is 9.99. The molecule has 0 bridgehead atoms. The fourth-order valence-electron chi connectivity index (χ4n) is 2.13.